The fourth-order valence-electron chi connectivity index (χ4n) is 3.94. The highest BCUT2D eigenvalue weighted by Gasteiger charge is 2.48. The van der Waals surface area contributed by atoms with E-state index in [9.17, 15) is 9.59 Å². The minimum absolute atomic E-state index is 0.0603. The number of anilines is 1. The Labute approximate surface area is 157 Å². The number of methoxy groups -OCH3 is 1. The van der Waals surface area contributed by atoms with Crippen LogP contribution in [0.1, 0.15) is 46.1 Å². The van der Waals surface area contributed by atoms with Gasteiger partial charge >= 0.3 is 5.97 Å². The number of aryl methyl sites for hydroxylation is 1. The maximum Gasteiger partial charge on any atom is 0.323 e. The number of carbonyl (C=O) groups excluding carboxylic acids is 2. The van der Waals surface area contributed by atoms with Crippen LogP contribution < -0.4 is 4.90 Å². The van der Waals surface area contributed by atoms with Gasteiger partial charge in [0.25, 0.3) is 0 Å². The average Bonchev–Trinajstić information content (AvgIpc) is 2.94. The number of esters is 1. The number of benzene rings is 1. The summed E-state index contributed by atoms with van der Waals surface area (Å²) in [6, 6.07) is 7.25. The van der Waals surface area contributed by atoms with Crippen LogP contribution in [0.25, 0.3) is 0 Å². The molecule has 1 aliphatic heterocycles. The Kier molecular flexibility index (Phi) is 6.81. The highest BCUT2D eigenvalue weighted by Crippen LogP contribution is 2.33. The van der Waals surface area contributed by atoms with Crippen molar-refractivity contribution in [3.63, 3.8) is 0 Å². The standard InChI is InChI=1S/C21H32N2O3/c1-7-16(8-2)19-20(24)22(17-11-9-15(5)10-12-17)13-23(19)18(14(3)4)21(25)26-6/h9-12,14,16,18-19H,7-8,13H2,1-6H3/t18-,19-/m1/s1. The minimum Gasteiger partial charge on any atom is -0.468 e. The number of carbonyl (C=O) groups is 2. The van der Waals surface area contributed by atoms with E-state index < -0.39 is 6.04 Å². The molecule has 1 saturated heterocycles. The molecular weight excluding hydrogens is 328 g/mol. The average molecular weight is 360 g/mol. The fraction of sp³-hybridized carbons (Fsp3) is 0.619. The third-order valence-electron chi connectivity index (χ3n) is 5.45. The molecule has 0 bridgehead atoms. The summed E-state index contributed by atoms with van der Waals surface area (Å²) in [5.74, 6) is 0.0838. The number of rotatable bonds is 7. The van der Waals surface area contributed by atoms with E-state index in [2.05, 4.69) is 18.7 Å². The topological polar surface area (TPSA) is 49.9 Å². The third kappa shape index (κ3) is 3.93. The van der Waals surface area contributed by atoms with Gasteiger partial charge in [-0.15, -0.1) is 0 Å². The first-order valence-corrected chi connectivity index (χ1v) is 9.57. The molecule has 2 atom stereocenters. The Morgan fingerprint density at radius 1 is 1.19 bits per heavy atom. The number of amides is 1. The fourth-order valence-corrected chi connectivity index (χ4v) is 3.94. The van der Waals surface area contributed by atoms with Crippen LogP contribution in [-0.2, 0) is 14.3 Å². The Balaban J connectivity index is 2.44. The summed E-state index contributed by atoms with van der Waals surface area (Å²) in [4.78, 5) is 29.7. The summed E-state index contributed by atoms with van der Waals surface area (Å²) in [6.45, 7) is 10.7. The summed E-state index contributed by atoms with van der Waals surface area (Å²) < 4.78 is 5.06. The van der Waals surface area contributed by atoms with Gasteiger partial charge in [-0.25, -0.2) is 0 Å². The molecule has 1 fully saturated rings. The first-order chi connectivity index (χ1) is 12.3. The van der Waals surface area contributed by atoms with E-state index in [1.165, 1.54) is 7.11 Å². The van der Waals surface area contributed by atoms with Gasteiger partial charge in [0.05, 0.1) is 19.8 Å². The Morgan fingerprint density at radius 2 is 1.77 bits per heavy atom. The number of hydrogen-bond acceptors (Lipinski definition) is 4. The summed E-state index contributed by atoms with van der Waals surface area (Å²) in [5, 5.41) is 0. The van der Waals surface area contributed by atoms with E-state index in [-0.39, 0.29) is 29.8 Å². The predicted octanol–water partition coefficient (Wildman–Crippen LogP) is 3.60. The van der Waals surface area contributed by atoms with Crippen molar-refractivity contribution in [3.8, 4) is 0 Å². The lowest BCUT2D eigenvalue weighted by molar-refractivity contribution is -0.150. The van der Waals surface area contributed by atoms with Gasteiger partial charge in [-0.05, 0) is 30.9 Å². The smallest absolute Gasteiger partial charge is 0.323 e. The first kappa shape index (κ1) is 20.4. The molecule has 1 aromatic carbocycles. The van der Waals surface area contributed by atoms with Crippen molar-refractivity contribution >= 4 is 17.6 Å². The van der Waals surface area contributed by atoms with Crippen molar-refractivity contribution in [2.75, 3.05) is 18.7 Å². The van der Waals surface area contributed by atoms with Gasteiger partial charge in [0.15, 0.2) is 0 Å². The van der Waals surface area contributed by atoms with E-state index >= 15 is 0 Å². The van der Waals surface area contributed by atoms with E-state index in [0.717, 1.165) is 24.1 Å². The van der Waals surface area contributed by atoms with Crippen molar-refractivity contribution in [1.82, 2.24) is 4.90 Å². The molecule has 5 heteroatoms. The highest BCUT2D eigenvalue weighted by molar-refractivity contribution is 6.00. The van der Waals surface area contributed by atoms with Crippen LogP contribution in [0.5, 0.6) is 0 Å². The number of hydrogen-bond donors (Lipinski definition) is 0. The zero-order chi connectivity index (χ0) is 19.4. The van der Waals surface area contributed by atoms with Gasteiger partial charge in [-0.1, -0.05) is 58.2 Å². The molecule has 5 nitrogen and oxygen atoms in total. The summed E-state index contributed by atoms with van der Waals surface area (Å²) in [5.41, 5.74) is 2.04. The highest BCUT2D eigenvalue weighted by atomic mass is 16.5. The van der Waals surface area contributed by atoms with Crippen molar-refractivity contribution in [2.24, 2.45) is 11.8 Å². The van der Waals surface area contributed by atoms with Gasteiger partial charge in [0, 0.05) is 5.69 Å². The van der Waals surface area contributed by atoms with Crippen molar-refractivity contribution in [3.05, 3.63) is 29.8 Å². The maximum absolute atomic E-state index is 13.3. The molecule has 0 saturated carbocycles. The van der Waals surface area contributed by atoms with Gasteiger partial charge in [0.1, 0.15) is 6.04 Å². The van der Waals surface area contributed by atoms with E-state index in [1.54, 1.807) is 4.90 Å². The van der Waals surface area contributed by atoms with Crippen molar-refractivity contribution in [1.29, 1.82) is 0 Å². The number of ether oxygens (including phenoxy) is 1. The number of nitrogens with zero attached hydrogens (tertiary/aromatic N) is 2. The van der Waals surface area contributed by atoms with Crippen LogP contribution in [-0.4, -0.2) is 42.6 Å². The van der Waals surface area contributed by atoms with Gasteiger partial charge in [-0.2, -0.15) is 0 Å². The second-order valence-corrected chi connectivity index (χ2v) is 7.49. The molecule has 1 aromatic rings. The zero-order valence-electron chi connectivity index (χ0n) is 16.9. The zero-order valence-corrected chi connectivity index (χ0v) is 16.9. The normalized spacial score (nSPS) is 19.5. The first-order valence-electron chi connectivity index (χ1n) is 9.57. The Hall–Kier alpha value is -1.88. The predicted molar refractivity (Wildman–Crippen MR) is 104 cm³/mol. The Morgan fingerprint density at radius 3 is 2.23 bits per heavy atom. The van der Waals surface area contributed by atoms with Gasteiger partial charge < -0.3 is 4.74 Å². The molecule has 1 heterocycles. The lowest BCUT2D eigenvalue weighted by Gasteiger charge is -2.34. The maximum atomic E-state index is 13.3. The van der Waals surface area contributed by atoms with E-state index in [1.807, 2.05) is 45.0 Å². The summed E-state index contributed by atoms with van der Waals surface area (Å²) in [6.07, 6.45) is 1.80. The molecule has 0 aromatic heterocycles. The monoisotopic (exact) mass is 360 g/mol. The summed E-state index contributed by atoms with van der Waals surface area (Å²) >= 11 is 0. The van der Waals surface area contributed by atoms with E-state index in [0.29, 0.717) is 6.67 Å². The molecule has 144 valence electrons. The lowest BCUT2D eigenvalue weighted by atomic mass is 9.90. The molecule has 0 unspecified atom stereocenters. The molecule has 2 rings (SSSR count). The van der Waals surface area contributed by atoms with E-state index in [4.69, 9.17) is 4.74 Å². The molecule has 0 aliphatic carbocycles. The minimum atomic E-state index is -0.426. The van der Waals surface area contributed by atoms with Crippen LogP contribution >= 0.6 is 0 Å². The second kappa shape index (κ2) is 8.67. The van der Waals surface area contributed by atoms with Crippen LogP contribution in [0.3, 0.4) is 0 Å². The second-order valence-electron chi connectivity index (χ2n) is 7.49. The molecule has 0 N–H and O–H groups in total. The molecule has 0 spiro atoms. The Bertz CT molecular complexity index is 623. The quantitative estimate of drug-likeness (QED) is 0.697. The third-order valence-corrected chi connectivity index (χ3v) is 5.45. The van der Waals surface area contributed by atoms with Crippen molar-refractivity contribution < 1.29 is 14.3 Å². The van der Waals surface area contributed by atoms with Crippen molar-refractivity contribution in [2.45, 2.75) is 59.5 Å². The van der Waals surface area contributed by atoms with Gasteiger partial charge in [0.2, 0.25) is 5.91 Å². The van der Waals surface area contributed by atoms with Crippen LogP contribution in [0, 0.1) is 18.8 Å². The largest absolute Gasteiger partial charge is 0.468 e. The lowest BCUT2D eigenvalue weighted by Crippen LogP contribution is -2.51. The molecule has 1 aliphatic rings. The summed E-state index contributed by atoms with van der Waals surface area (Å²) in [7, 11) is 1.42. The molecular formula is C21H32N2O3. The van der Waals surface area contributed by atoms with Crippen LogP contribution in [0.4, 0.5) is 5.69 Å². The van der Waals surface area contributed by atoms with Crippen LogP contribution in [0.15, 0.2) is 24.3 Å². The van der Waals surface area contributed by atoms with Gasteiger partial charge in [-0.3, -0.25) is 19.4 Å². The molecule has 1 amide bonds. The van der Waals surface area contributed by atoms with Crippen LogP contribution in [0.2, 0.25) is 0 Å². The SMILES string of the molecule is CCC(CC)[C@@H]1C(=O)N(c2ccc(C)cc2)CN1[C@@H](C(=O)OC)C(C)C. The molecule has 0 radical (unpaired) electrons. The molecule has 26 heavy (non-hydrogen) atoms.